The van der Waals surface area contributed by atoms with Gasteiger partial charge in [-0.05, 0) is 31.4 Å². The van der Waals surface area contributed by atoms with Crippen molar-refractivity contribution in [3.8, 4) is 5.75 Å². The van der Waals surface area contributed by atoms with Crippen molar-refractivity contribution >= 4 is 16.8 Å². The minimum Gasteiger partial charge on any atom is -0.507 e. The average molecular weight is 249 g/mol. The summed E-state index contributed by atoms with van der Waals surface area (Å²) in [7, 11) is 0. The van der Waals surface area contributed by atoms with Crippen LogP contribution >= 0.6 is 11.8 Å². The smallest absolute Gasteiger partial charge is 0.125 e. The van der Waals surface area contributed by atoms with Crippen LogP contribution in [-0.2, 0) is 0 Å². The van der Waals surface area contributed by atoms with Gasteiger partial charge in [0.1, 0.15) is 10.8 Å². The zero-order valence-electron chi connectivity index (χ0n) is 9.41. The van der Waals surface area contributed by atoms with Gasteiger partial charge in [-0.15, -0.1) is 11.8 Å². The quantitative estimate of drug-likeness (QED) is 0.802. The molecule has 0 saturated heterocycles. The molecule has 0 radical (unpaired) electrons. The highest BCUT2D eigenvalue weighted by molar-refractivity contribution is 8.15. The SMILES string of the molecule is Oc1ccccc1C1=NC2CCC(O)CC2S1. The van der Waals surface area contributed by atoms with Crippen LogP contribution in [0.2, 0.25) is 0 Å². The Morgan fingerprint density at radius 2 is 2.06 bits per heavy atom. The monoisotopic (exact) mass is 249 g/mol. The maximum atomic E-state index is 9.81. The number of aliphatic imine (C=N–C) groups is 1. The Labute approximate surface area is 105 Å². The van der Waals surface area contributed by atoms with E-state index in [1.165, 1.54) is 0 Å². The lowest BCUT2D eigenvalue weighted by atomic mass is 9.93. The van der Waals surface area contributed by atoms with Crippen LogP contribution in [0.3, 0.4) is 0 Å². The predicted molar refractivity (Wildman–Crippen MR) is 69.7 cm³/mol. The number of nitrogens with zero attached hydrogens (tertiary/aromatic N) is 1. The lowest BCUT2D eigenvalue weighted by Crippen LogP contribution is -2.30. The summed E-state index contributed by atoms with van der Waals surface area (Å²) in [5.74, 6) is 0.290. The number of aliphatic hydroxyl groups is 1. The van der Waals surface area contributed by atoms with Crippen molar-refractivity contribution in [2.75, 3.05) is 0 Å². The molecule has 3 atom stereocenters. The van der Waals surface area contributed by atoms with Gasteiger partial charge in [0.2, 0.25) is 0 Å². The first-order valence-electron chi connectivity index (χ1n) is 5.95. The molecule has 1 aromatic rings. The van der Waals surface area contributed by atoms with Crippen molar-refractivity contribution in [3.05, 3.63) is 29.8 Å². The summed E-state index contributed by atoms with van der Waals surface area (Å²) in [6.07, 6.45) is 2.44. The summed E-state index contributed by atoms with van der Waals surface area (Å²) >= 11 is 1.70. The van der Waals surface area contributed by atoms with E-state index in [0.29, 0.717) is 11.3 Å². The lowest BCUT2D eigenvalue weighted by Gasteiger charge is -2.26. The fourth-order valence-electron chi connectivity index (χ4n) is 2.48. The van der Waals surface area contributed by atoms with Gasteiger partial charge in [-0.1, -0.05) is 12.1 Å². The lowest BCUT2D eigenvalue weighted by molar-refractivity contribution is 0.127. The van der Waals surface area contributed by atoms with E-state index in [1.54, 1.807) is 17.8 Å². The third kappa shape index (κ3) is 2.07. The minimum atomic E-state index is -0.178. The second-order valence-electron chi connectivity index (χ2n) is 4.64. The molecule has 4 heteroatoms. The van der Waals surface area contributed by atoms with E-state index < -0.39 is 0 Å². The fraction of sp³-hybridized carbons (Fsp3) is 0.462. The molecule has 1 saturated carbocycles. The number of thioether (sulfide) groups is 1. The molecule has 3 unspecified atom stereocenters. The van der Waals surface area contributed by atoms with Crippen LogP contribution in [0.4, 0.5) is 0 Å². The molecule has 2 N–H and O–H groups in total. The van der Waals surface area contributed by atoms with E-state index in [4.69, 9.17) is 0 Å². The van der Waals surface area contributed by atoms with Crippen LogP contribution in [0.25, 0.3) is 0 Å². The topological polar surface area (TPSA) is 52.8 Å². The highest BCUT2D eigenvalue weighted by Gasteiger charge is 2.36. The zero-order valence-corrected chi connectivity index (χ0v) is 10.2. The Morgan fingerprint density at radius 1 is 1.24 bits per heavy atom. The van der Waals surface area contributed by atoms with Crippen molar-refractivity contribution in [2.24, 2.45) is 4.99 Å². The molecule has 17 heavy (non-hydrogen) atoms. The standard InChI is InChI=1S/C13H15NO2S/c15-8-5-6-10-12(7-8)17-13(14-10)9-3-1-2-4-11(9)16/h1-4,8,10,12,15-16H,5-7H2. The van der Waals surface area contributed by atoms with Crippen molar-refractivity contribution in [1.82, 2.24) is 0 Å². The molecule has 3 nitrogen and oxygen atoms in total. The van der Waals surface area contributed by atoms with E-state index in [2.05, 4.69) is 4.99 Å². The number of phenolic OH excluding ortho intramolecular Hbond substituents is 1. The molecule has 1 aliphatic carbocycles. The van der Waals surface area contributed by atoms with Crippen LogP contribution in [0.15, 0.2) is 29.3 Å². The molecule has 0 bridgehead atoms. The maximum Gasteiger partial charge on any atom is 0.125 e. The number of rotatable bonds is 1. The molecule has 1 fully saturated rings. The fourth-order valence-corrected chi connectivity index (χ4v) is 3.93. The molecule has 3 rings (SSSR count). The van der Waals surface area contributed by atoms with Crippen LogP contribution in [0, 0.1) is 0 Å². The van der Waals surface area contributed by atoms with Gasteiger partial charge >= 0.3 is 0 Å². The average Bonchev–Trinajstić information content (AvgIpc) is 2.72. The first-order chi connectivity index (χ1) is 8.24. The summed E-state index contributed by atoms with van der Waals surface area (Å²) in [6.45, 7) is 0. The van der Waals surface area contributed by atoms with E-state index in [0.717, 1.165) is 29.9 Å². The van der Waals surface area contributed by atoms with Gasteiger partial charge in [0.05, 0.1) is 12.1 Å². The molecule has 2 aliphatic rings. The van der Waals surface area contributed by atoms with E-state index in [1.807, 2.05) is 18.2 Å². The Morgan fingerprint density at radius 3 is 2.88 bits per heavy atom. The Hall–Kier alpha value is -1.00. The first-order valence-corrected chi connectivity index (χ1v) is 6.83. The molecule has 0 spiro atoms. The third-order valence-corrected chi connectivity index (χ3v) is 4.77. The third-order valence-electron chi connectivity index (χ3n) is 3.41. The second kappa shape index (κ2) is 4.35. The molecule has 90 valence electrons. The van der Waals surface area contributed by atoms with E-state index in [9.17, 15) is 10.2 Å². The summed E-state index contributed by atoms with van der Waals surface area (Å²) < 4.78 is 0. The van der Waals surface area contributed by atoms with Gasteiger partial charge in [-0.25, -0.2) is 0 Å². The van der Waals surface area contributed by atoms with Gasteiger partial charge in [0.15, 0.2) is 0 Å². The van der Waals surface area contributed by atoms with Gasteiger partial charge in [-0.3, -0.25) is 4.99 Å². The van der Waals surface area contributed by atoms with Crippen LogP contribution < -0.4 is 0 Å². The van der Waals surface area contributed by atoms with Gasteiger partial charge in [0, 0.05) is 10.8 Å². The molecule has 0 amide bonds. The Balaban J connectivity index is 1.85. The molecule has 1 aromatic carbocycles. The molecule has 1 aliphatic heterocycles. The summed E-state index contributed by atoms with van der Waals surface area (Å²) in [5.41, 5.74) is 0.821. The Kier molecular flexibility index (Phi) is 2.84. The predicted octanol–water partition coefficient (Wildman–Crippen LogP) is 2.17. The number of fused-ring (bicyclic) bond motifs is 1. The van der Waals surface area contributed by atoms with Crippen molar-refractivity contribution in [2.45, 2.75) is 36.7 Å². The van der Waals surface area contributed by atoms with Gasteiger partial charge < -0.3 is 10.2 Å². The van der Waals surface area contributed by atoms with E-state index in [-0.39, 0.29) is 11.9 Å². The van der Waals surface area contributed by atoms with Crippen LogP contribution in [-0.4, -0.2) is 32.7 Å². The van der Waals surface area contributed by atoms with Crippen molar-refractivity contribution in [1.29, 1.82) is 0 Å². The summed E-state index contributed by atoms with van der Waals surface area (Å²) in [6, 6.07) is 7.63. The number of aliphatic hydroxyl groups excluding tert-OH is 1. The minimum absolute atomic E-state index is 0.178. The normalized spacial score (nSPS) is 32.1. The maximum absolute atomic E-state index is 9.81. The number of aromatic hydroxyl groups is 1. The van der Waals surface area contributed by atoms with Crippen LogP contribution in [0.1, 0.15) is 24.8 Å². The summed E-state index contributed by atoms with van der Waals surface area (Å²) in [5, 5.41) is 20.8. The van der Waals surface area contributed by atoms with Gasteiger partial charge in [-0.2, -0.15) is 0 Å². The molecule has 1 heterocycles. The van der Waals surface area contributed by atoms with Gasteiger partial charge in [0.25, 0.3) is 0 Å². The molecular weight excluding hydrogens is 234 g/mol. The number of benzene rings is 1. The second-order valence-corrected chi connectivity index (χ2v) is 5.87. The first kappa shape index (κ1) is 11.1. The van der Waals surface area contributed by atoms with Crippen molar-refractivity contribution in [3.63, 3.8) is 0 Å². The number of para-hydroxylation sites is 1. The number of hydrogen-bond donors (Lipinski definition) is 2. The van der Waals surface area contributed by atoms with Crippen LogP contribution in [0.5, 0.6) is 5.75 Å². The molecular formula is C13H15NO2S. The largest absolute Gasteiger partial charge is 0.507 e. The Bertz CT molecular complexity index is 460. The van der Waals surface area contributed by atoms with Crippen molar-refractivity contribution < 1.29 is 10.2 Å². The zero-order chi connectivity index (χ0) is 11.8. The highest BCUT2D eigenvalue weighted by Crippen LogP contribution is 2.40. The molecule has 0 aromatic heterocycles. The number of hydrogen-bond acceptors (Lipinski definition) is 4. The van der Waals surface area contributed by atoms with E-state index >= 15 is 0 Å². The highest BCUT2D eigenvalue weighted by atomic mass is 32.2. The number of phenols is 1. The summed E-state index contributed by atoms with van der Waals surface area (Å²) in [4.78, 5) is 4.68.